The predicted molar refractivity (Wildman–Crippen MR) is 91.8 cm³/mol. The third-order valence-corrected chi connectivity index (χ3v) is 5.90. The van der Waals surface area contributed by atoms with Crippen molar-refractivity contribution in [2.24, 2.45) is 5.92 Å². The number of hydrogen-bond acceptors (Lipinski definition) is 4. The number of carboxylic acids is 1. The number of aliphatic carboxylic acids is 1. The second-order valence-electron chi connectivity index (χ2n) is 7.93. The summed E-state index contributed by atoms with van der Waals surface area (Å²) in [7, 11) is 1.88. The van der Waals surface area contributed by atoms with Crippen molar-refractivity contribution >= 4 is 11.9 Å². The summed E-state index contributed by atoms with van der Waals surface area (Å²) in [4.78, 5) is 30.0. The third kappa shape index (κ3) is 4.48. The fraction of sp³-hybridized carbons (Fsp3) is 0.889. The maximum Gasteiger partial charge on any atom is 0.317 e. The molecule has 1 unspecified atom stereocenters. The molecule has 0 aromatic carbocycles. The quantitative estimate of drug-likeness (QED) is 0.722. The number of rotatable bonds is 8. The zero-order valence-corrected chi connectivity index (χ0v) is 15.0. The van der Waals surface area contributed by atoms with Crippen molar-refractivity contribution in [2.75, 3.05) is 33.2 Å². The first-order chi connectivity index (χ1) is 11.5. The lowest BCUT2D eigenvalue weighted by Gasteiger charge is -2.37. The van der Waals surface area contributed by atoms with Crippen LogP contribution < -0.4 is 0 Å². The highest BCUT2D eigenvalue weighted by molar-refractivity contribution is 5.79. The van der Waals surface area contributed by atoms with Crippen LogP contribution >= 0.6 is 0 Å². The van der Waals surface area contributed by atoms with Gasteiger partial charge in [0, 0.05) is 31.2 Å². The lowest BCUT2D eigenvalue weighted by molar-refractivity contribution is -0.138. The van der Waals surface area contributed by atoms with E-state index in [1.165, 1.54) is 25.7 Å². The Morgan fingerprint density at radius 2 is 1.71 bits per heavy atom. The van der Waals surface area contributed by atoms with Gasteiger partial charge in [0.2, 0.25) is 5.91 Å². The van der Waals surface area contributed by atoms with E-state index in [2.05, 4.69) is 16.7 Å². The van der Waals surface area contributed by atoms with Crippen molar-refractivity contribution < 1.29 is 14.7 Å². The van der Waals surface area contributed by atoms with Crippen LogP contribution in [0, 0.1) is 5.92 Å². The summed E-state index contributed by atoms with van der Waals surface area (Å²) in [6, 6.07) is 1.22. The van der Waals surface area contributed by atoms with Gasteiger partial charge < -0.3 is 10.0 Å². The Labute approximate surface area is 144 Å². The fourth-order valence-electron chi connectivity index (χ4n) is 4.06. The van der Waals surface area contributed by atoms with E-state index in [-0.39, 0.29) is 6.54 Å². The molecule has 1 heterocycles. The highest BCUT2D eigenvalue weighted by atomic mass is 16.4. The van der Waals surface area contributed by atoms with Crippen LogP contribution in [0.4, 0.5) is 0 Å². The van der Waals surface area contributed by atoms with Crippen molar-refractivity contribution in [3.05, 3.63) is 0 Å². The van der Waals surface area contributed by atoms with Gasteiger partial charge in [0.15, 0.2) is 0 Å². The molecule has 2 aliphatic carbocycles. The second-order valence-corrected chi connectivity index (χ2v) is 7.93. The summed E-state index contributed by atoms with van der Waals surface area (Å²) in [5.41, 5.74) is 0. The van der Waals surface area contributed by atoms with Gasteiger partial charge in [0.25, 0.3) is 0 Å². The molecule has 1 atom stereocenters. The van der Waals surface area contributed by atoms with Gasteiger partial charge in [-0.25, -0.2) is 0 Å². The number of nitrogens with zero attached hydrogens (tertiary/aromatic N) is 3. The van der Waals surface area contributed by atoms with Crippen LogP contribution in [0.25, 0.3) is 0 Å². The summed E-state index contributed by atoms with van der Waals surface area (Å²) in [6.07, 6.45) is 6.78. The molecule has 6 nitrogen and oxygen atoms in total. The van der Waals surface area contributed by atoms with Gasteiger partial charge in [-0.3, -0.25) is 19.4 Å². The standard InChI is InChI=1S/C18H31N3O3/c1-13(14-3-4-14)21(16-5-6-16)17(22)11-20-9-7-15(8-10-20)19(2)12-18(23)24/h13-16H,3-12H2,1-2H3,(H,23,24). The summed E-state index contributed by atoms with van der Waals surface area (Å²) < 4.78 is 0. The van der Waals surface area contributed by atoms with Gasteiger partial charge in [-0.1, -0.05) is 0 Å². The number of hydrogen-bond donors (Lipinski definition) is 1. The number of piperidine rings is 1. The molecular weight excluding hydrogens is 306 g/mol. The highest BCUT2D eigenvalue weighted by Gasteiger charge is 2.42. The minimum Gasteiger partial charge on any atom is -0.480 e. The first-order valence-corrected chi connectivity index (χ1v) is 9.41. The summed E-state index contributed by atoms with van der Waals surface area (Å²) in [5, 5.41) is 8.90. The SMILES string of the molecule is CC(C1CC1)N(C(=O)CN1CCC(N(C)CC(=O)O)CC1)C1CC1. The third-order valence-electron chi connectivity index (χ3n) is 5.90. The van der Waals surface area contributed by atoms with Crippen molar-refractivity contribution in [3.8, 4) is 0 Å². The Balaban J connectivity index is 1.46. The monoisotopic (exact) mass is 337 g/mol. The fourth-order valence-corrected chi connectivity index (χ4v) is 4.06. The maximum absolute atomic E-state index is 12.8. The molecule has 0 aromatic heterocycles. The summed E-state index contributed by atoms with van der Waals surface area (Å²) >= 11 is 0. The van der Waals surface area contributed by atoms with E-state index in [0.717, 1.165) is 31.8 Å². The molecule has 0 bridgehead atoms. The molecule has 1 amide bonds. The molecule has 1 N–H and O–H groups in total. The lowest BCUT2D eigenvalue weighted by atomic mass is 10.0. The van der Waals surface area contributed by atoms with Gasteiger partial charge in [-0.05, 0) is 58.4 Å². The van der Waals surface area contributed by atoms with E-state index in [4.69, 9.17) is 5.11 Å². The number of amides is 1. The van der Waals surface area contributed by atoms with Crippen LogP contribution in [-0.2, 0) is 9.59 Å². The Morgan fingerprint density at radius 1 is 1.08 bits per heavy atom. The van der Waals surface area contributed by atoms with Crippen LogP contribution in [0.15, 0.2) is 0 Å². The predicted octanol–water partition coefficient (Wildman–Crippen LogP) is 1.26. The van der Waals surface area contributed by atoms with Crippen molar-refractivity contribution in [1.82, 2.24) is 14.7 Å². The first kappa shape index (κ1) is 17.7. The molecule has 1 aliphatic heterocycles. The van der Waals surface area contributed by atoms with Crippen LogP contribution in [-0.4, -0.2) is 83.0 Å². The van der Waals surface area contributed by atoms with E-state index >= 15 is 0 Å². The second kappa shape index (κ2) is 7.40. The molecule has 0 spiro atoms. The molecule has 0 aromatic rings. The van der Waals surface area contributed by atoms with E-state index < -0.39 is 5.97 Å². The molecular formula is C18H31N3O3. The maximum atomic E-state index is 12.8. The molecule has 136 valence electrons. The Bertz CT molecular complexity index is 468. The molecule has 0 radical (unpaired) electrons. The molecule has 3 rings (SSSR count). The highest BCUT2D eigenvalue weighted by Crippen LogP contribution is 2.39. The minimum atomic E-state index is -0.774. The van der Waals surface area contributed by atoms with Crippen LogP contribution in [0.1, 0.15) is 45.4 Å². The average Bonchev–Trinajstić information content (AvgIpc) is 3.39. The normalized spacial score (nSPS) is 24.1. The van der Waals surface area contributed by atoms with Gasteiger partial charge in [0.1, 0.15) is 0 Å². The molecule has 3 aliphatic rings. The van der Waals surface area contributed by atoms with Crippen LogP contribution in [0.5, 0.6) is 0 Å². The number of carbonyl (C=O) groups is 2. The molecule has 2 saturated carbocycles. The smallest absolute Gasteiger partial charge is 0.317 e. The van der Waals surface area contributed by atoms with Crippen molar-refractivity contribution in [2.45, 2.75) is 63.6 Å². The number of likely N-dealkylation sites (tertiary alicyclic amines) is 1. The molecule has 6 heteroatoms. The Hall–Kier alpha value is -1.14. The zero-order valence-electron chi connectivity index (χ0n) is 15.0. The van der Waals surface area contributed by atoms with Gasteiger partial charge in [-0.15, -0.1) is 0 Å². The molecule has 1 saturated heterocycles. The van der Waals surface area contributed by atoms with Crippen molar-refractivity contribution in [3.63, 3.8) is 0 Å². The lowest BCUT2D eigenvalue weighted by Crippen LogP contribution is -2.50. The van der Waals surface area contributed by atoms with Gasteiger partial charge in [-0.2, -0.15) is 0 Å². The number of likely N-dealkylation sites (N-methyl/N-ethyl adjacent to an activating group) is 1. The van der Waals surface area contributed by atoms with Crippen LogP contribution in [0.2, 0.25) is 0 Å². The topological polar surface area (TPSA) is 64.1 Å². The Morgan fingerprint density at radius 3 is 2.21 bits per heavy atom. The number of carbonyl (C=O) groups excluding carboxylic acids is 1. The van der Waals surface area contributed by atoms with Gasteiger partial charge >= 0.3 is 5.97 Å². The van der Waals surface area contributed by atoms with Gasteiger partial charge in [0.05, 0.1) is 13.1 Å². The largest absolute Gasteiger partial charge is 0.480 e. The summed E-state index contributed by atoms with van der Waals surface area (Å²) in [5.74, 6) is 0.253. The first-order valence-electron chi connectivity index (χ1n) is 9.41. The van der Waals surface area contributed by atoms with E-state index in [0.29, 0.717) is 30.6 Å². The average molecular weight is 337 g/mol. The van der Waals surface area contributed by atoms with E-state index in [9.17, 15) is 9.59 Å². The number of carboxylic acid groups (broad SMARTS) is 1. The zero-order chi connectivity index (χ0) is 17.3. The van der Waals surface area contributed by atoms with Crippen molar-refractivity contribution in [1.29, 1.82) is 0 Å². The molecule has 24 heavy (non-hydrogen) atoms. The summed E-state index contributed by atoms with van der Waals surface area (Å²) in [6.45, 7) is 4.62. The van der Waals surface area contributed by atoms with E-state index in [1.54, 1.807) is 0 Å². The minimum absolute atomic E-state index is 0.0952. The molecule has 3 fully saturated rings. The van der Waals surface area contributed by atoms with Crippen LogP contribution in [0.3, 0.4) is 0 Å². The Kier molecular flexibility index (Phi) is 5.45. The van der Waals surface area contributed by atoms with E-state index in [1.807, 2.05) is 11.9 Å².